The van der Waals surface area contributed by atoms with Crippen LogP contribution in [0.4, 0.5) is 10.1 Å². The highest BCUT2D eigenvalue weighted by molar-refractivity contribution is 7.91. The van der Waals surface area contributed by atoms with Crippen LogP contribution < -0.4 is 5.32 Å². The topological polar surface area (TPSA) is 92.3 Å². The molecule has 3 heterocycles. The molecule has 2 aromatic heterocycles. The van der Waals surface area contributed by atoms with Crippen molar-refractivity contribution in [2.45, 2.75) is 23.1 Å². The van der Waals surface area contributed by atoms with Gasteiger partial charge in [-0.15, -0.1) is 21.5 Å². The maximum atomic E-state index is 13.3. The lowest BCUT2D eigenvalue weighted by molar-refractivity contribution is 0.102. The van der Waals surface area contributed by atoms with Crippen molar-refractivity contribution in [3.63, 3.8) is 0 Å². The van der Waals surface area contributed by atoms with Crippen molar-refractivity contribution in [2.24, 2.45) is 0 Å². The number of amides is 1. The first-order valence-corrected chi connectivity index (χ1v) is 12.0. The molecule has 0 aliphatic carbocycles. The lowest BCUT2D eigenvalue weighted by Gasteiger charge is -2.21. The third-order valence-electron chi connectivity index (χ3n) is 4.32. The summed E-state index contributed by atoms with van der Waals surface area (Å²) in [5, 5.41) is 11.0. The van der Waals surface area contributed by atoms with E-state index in [4.69, 9.17) is 11.6 Å². The summed E-state index contributed by atoms with van der Waals surface area (Å²) in [4.78, 5) is 12.4. The van der Waals surface area contributed by atoms with Gasteiger partial charge < -0.3 is 5.32 Å². The minimum Gasteiger partial charge on any atom is -0.320 e. The molecule has 1 aromatic carbocycles. The molecule has 0 bridgehead atoms. The first kappa shape index (κ1) is 20.4. The number of hydrogen-bond acceptors (Lipinski definition) is 7. The van der Waals surface area contributed by atoms with Gasteiger partial charge in [0.05, 0.1) is 10.4 Å². The van der Waals surface area contributed by atoms with Crippen LogP contribution in [0.3, 0.4) is 0 Å². The van der Waals surface area contributed by atoms with Gasteiger partial charge in [-0.2, -0.15) is 4.31 Å². The number of carbonyl (C=O) groups excluding carboxylic acids is 1. The van der Waals surface area contributed by atoms with Gasteiger partial charge in [0.15, 0.2) is 0 Å². The fourth-order valence-electron chi connectivity index (χ4n) is 3.04. The van der Waals surface area contributed by atoms with Crippen LogP contribution in [0.25, 0.3) is 0 Å². The minimum absolute atomic E-state index is 0.0766. The lowest BCUT2D eigenvalue weighted by atomic mass is 10.2. The largest absolute Gasteiger partial charge is 0.320 e. The predicted molar refractivity (Wildman–Crippen MR) is 109 cm³/mol. The monoisotopic (exact) mass is 472 g/mol. The Morgan fingerprint density at radius 2 is 2.07 bits per heavy atom. The highest BCUT2D eigenvalue weighted by Crippen LogP contribution is 2.39. The molecule has 1 atom stereocenters. The standard InChI is InChI=1S/C17H14ClFN4O3S3/c18-13-6-7-14(27-13)29(25,26)23-8-2-5-12(23)16-21-22-17(28-16)15(24)20-11-4-1-3-10(19)9-11/h1,3-4,6-7,9,12H,2,5,8H2,(H,20,24)/t12-/m0/s1. The average Bonchev–Trinajstić information content (AvgIpc) is 3.41. The quantitative estimate of drug-likeness (QED) is 0.601. The molecule has 4 rings (SSSR count). The summed E-state index contributed by atoms with van der Waals surface area (Å²) in [5.74, 6) is -1.00. The van der Waals surface area contributed by atoms with Gasteiger partial charge in [0.2, 0.25) is 5.01 Å². The summed E-state index contributed by atoms with van der Waals surface area (Å²) < 4.78 is 41.2. The van der Waals surface area contributed by atoms with Crippen molar-refractivity contribution in [2.75, 3.05) is 11.9 Å². The van der Waals surface area contributed by atoms with E-state index in [9.17, 15) is 17.6 Å². The molecular formula is C17H14ClFN4O3S3. The number of thiophene rings is 1. The Balaban J connectivity index is 1.54. The normalized spacial score (nSPS) is 17.5. The van der Waals surface area contributed by atoms with E-state index in [1.165, 1.54) is 28.6 Å². The van der Waals surface area contributed by atoms with Gasteiger partial charge in [-0.25, -0.2) is 12.8 Å². The van der Waals surface area contributed by atoms with Crippen LogP contribution >= 0.6 is 34.3 Å². The van der Waals surface area contributed by atoms with E-state index >= 15 is 0 Å². The molecule has 29 heavy (non-hydrogen) atoms. The van der Waals surface area contributed by atoms with Crippen LogP contribution in [0.2, 0.25) is 4.34 Å². The third-order valence-corrected chi connectivity index (χ3v) is 8.95. The summed E-state index contributed by atoms with van der Waals surface area (Å²) >= 11 is 7.91. The fraction of sp³-hybridized carbons (Fsp3) is 0.235. The molecule has 3 aromatic rings. The lowest BCUT2D eigenvalue weighted by Crippen LogP contribution is -2.30. The maximum absolute atomic E-state index is 13.3. The zero-order valence-corrected chi connectivity index (χ0v) is 17.9. The van der Waals surface area contributed by atoms with Crippen molar-refractivity contribution in [1.82, 2.24) is 14.5 Å². The molecular weight excluding hydrogens is 459 g/mol. The Morgan fingerprint density at radius 1 is 1.24 bits per heavy atom. The number of carbonyl (C=O) groups is 1. The van der Waals surface area contributed by atoms with Crippen LogP contribution in [0.1, 0.15) is 33.7 Å². The number of hydrogen-bond donors (Lipinski definition) is 1. The second-order valence-corrected chi connectivity index (χ2v) is 11.1. The molecule has 152 valence electrons. The van der Waals surface area contributed by atoms with Gasteiger partial charge in [0, 0.05) is 12.2 Å². The van der Waals surface area contributed by atoms with Gasteiger partial charge >= 0.3 is 0 Å². The number of sulfonamides is 1. The summed E-state index contributed by atoms with van der Waals surface area (Å²) in [6.07, 6.45) is 1.26. The van der Waals surface area contributed by atoms with Gasteiger partial charge in [0.1, 0.15) is 15.0 Å². The molecule has 1 aliphatic rings. The van der Waals surface area contributed by atoms with E-state index < -0.39 is 27.8 Å². The summed E-state index contributed by atoms with van der Waals surface area (Å²) in [6, 6.07) is 8.04. The highest BCUT2D eigenvalue weighted by Gasteiger charge is 2.39. The van der Waals surface area contributed by atoms with Crippen LogP contribution in [0.15, 0.2) is 40.6 Å². The van der Waals surface area contributed by atoms with Crippen LogP contribution in [-0.4, -0.2) is 35.4 Å². The molecule has 0 unspecified atom stereocenters. The Morgan fingerprint density at radius 3 is 2.79 bits per heavy atom. The van der Waals surface area contributed by atoms with Crippen molar-refractivity contribution >= 4 is 55.9 Å². The molecule has 1 amide bonds. The molecule has 1 fully saturated rings. The number of nitrogens with zero attached hydrogens (tertiary/aromatic N) is 3. The second kappa shape index (κ2) is 8.07. The number of rotatable bonds is 5. The molecule has 12 heteroatoms. The maximum Gasteiger partial charge on any atom is 0.286 e. The van der Waals surface area contributed by atoms with Crippen LogP contribution in [0.5, 0.6) is 0 Å². The first-order valence-electron chi connectivity index (χ1n) is 8.52. The third kappa shape index (κ3) is 4.19. The van der Waals surface area contributed by atoms with Crippen molar-refractivity contribution in [3.05, 3.63) is 56.6 Å². The summed E-state index contributed by atoms with van der Waals surface area (Å²) in [6.45, 7) is 0.354. The molecule has 1 aliphatic heterocycles. The van der Waals surface area contributed by atoms with Gasteiger partial charge in [0.25, 0.3) is 15.9 Å². The minimum atomic E-state index is -3.72. The predicted octanol–water partition coefficient (Wildman–Crippen LogP) is 4.17. The molecule has 1 saturated heterocycles. The number of aromatic nitrogens is 2. The number of nitrogens with one attached hydrogen (secondary N) is 1. The van der Waals surface area contributed by atoms with Crippen LogP contribution in [-0.2, 0) is 10.0 Å². The summed E-state index contributed by atoms with van der Waals surface area (Å²) in [5.41, 5.74) is 0.298. The van der Waals surface area contributed by atoms with Gasteiger partial charge in [-0.3, -0.25) is 4.79 Å². The number of benzene rings is 1. The first-order chi connectivity index (χ1) is 13.8. The average molecular weight is 473 g/mol. The smallest absolute Gasteiger partial charge is 0.286 e. The molecule has 0 radical (unpaired) electrons. The van der Waals surface area contributed by atoms with E-state index in [1.54, 1.807) is 12.1 Å². The number of halogens is 2. The van der Waals surface area contributed by atoms with Crippen molar-refractivity contribution in [1.29, 1.82) is 0 Å². The van der Waals surface area contributed by atoms with E-state index in [0.29, 0.717) is 34.4 Å². The van der Waals surface area contributed by atoms with E-state index in [0.717, 1.165) is 22.7 Å². The van der Waals surface area contributed by atoms with E-state index in [1.807, 2.05) is 0 Å². The zero-order chi connectivity index (χ0) is 20.6. The molecule has 0 saturated carbocycles. The number of anilines is 1. The highest BCUT2D eigenvalue weighted by atomic mass is 35.5. The van der Waals surface area contributed by atoms with Gasteiger partial charge in [-0.1, -0.05) is 29.0 Å². The Labute approximate surface area is 179 Å². The SMILES string of the molecule is O=C(Nc1cccc(F)c1)c1nnc([C@@H]2CCCN2S(=O)(=O)c2ccc(Cl)s2)s1. The Hall–Kier alpha value is -1.92. The molecule has 0 spiro atoms. The molecule has 7 nitrogen and oxygen atoms in total. The van der Waals surface area contributed by atoms with E-state index in [-0.39, 0.29) is 9.22 Å². The Kier molecular flexibility index (Phi) is 5.67. The van der Waals surface area contributed by atoms with Gasteiger partial charge in [-0.05, 0) is 43.2 Å². The van der Waals surface area contributed by atoms with E-state index in [2.05, 4.69) is 15.5 Å². The zero-order valence-electron chi connectivity index (χ0n) is 14.7. The molecule has 1 N–H and O–H groups in total. The van der Waals surface area contributed by atoms with Crippen LogP contribution in [0, 0.1) is 5.82 Å². The van der Waals surface area contributed by atoms with Crippen molar-refractivity contribution in [3.8, 4) is 0 Å². The Bertz CT molecular complexity index is 1160. The summed E-state index contributed by atoms with van der Waals surface area (Å²) in [7, 11) is -3.72. The second-order valence-electron chi connectivity index (χ2n) is 6.24. The fourth-order valence-corrected chi connectivity index (χ4v) is 7.26. The van der Waals surface area contributed by atoms with Crippen molar-refractivity contribution < 1.29 is 17.6 Å².